The molecule has 2 atom stereocenters. The smallest absolute Gasteiger partial charge is 0.175 e. The fraction of sp³-hybridized carbons (Fsp3) is 0.634. The lowest BCUT2D eigenvalue weighted by Gasteiger charge is -2.42. The molecule has 0 amide bonds. The Morgan fingerprint density at radius 2 is 0.824 bits per heavy atom. The number of rotatable bonds is 11. The quantitative estimate of drug-likeness (QED) is 0.110. The summed E-state index contributed by atoms with van der Waals surface area (Å²) in [6.07, 6.45) is -0.0345. The molecule has 0 bridgehead atoms. The molecule has 2 aliphatic rings. The molecule has 2 aliphatic carbocycles. The fourth-order valence-corrected chi connectivity index (χ4v) is 8.04. The minimum atomic E-state index is -1.60. The van der Waals surface area contributed by atoms with Gasteiger partial charge in [0.25, 0.3) is 0 Å². The van der Waals surface area contributed by atoms with Crippen LogP contribution in [0.2, 0.25) is 0 Å². The van der Waals surface area contributed by atoms with Gasteiger partial charge in [0.15, 0.2) is 28.9 Å². The molecule has 0 aliphatic heterocycles. The zero-order chi connectivity index (χ0) is 39.7. The monoisotopic (exact) mass is 710 g/mol. The molecule has 5 N–H and O–H groups in total. The Hall–Kier alpha value is -3.95. The summed E-state index contributed by atoms with van der Waals surface area (Å²) in [7, 11) is 0. The van der Waals surface area contributed by atoms with E-state index in [1.165, 1.54) is 55.4 Å². The molecular formula is C41H58O10. The van der Waals surface area contributed by atoms with Crippen LogP contribution in [0.25, 0.3) is 0 Å². The van der Waals surface area contributed by atoms with Gasteiger partial charge in [0.1, 0.15) is 34.3 Å². The van der Waals surface area contributed by atoms with E-state index in [0.29, 0.717) is 0 Å². The first kappa shape index (κ1) is 41.5. The van der Waals surface area contributed by atoms with E-state index in [9.17, 15) is 49.5 Å². The van der Waals surface area contributed by atoms with Crippen molar-refractivity contribution in [2.45, 2.75) is 128 Å². The number of Topliss-reactive ketones (excluding diaryl/α,β-unsaturated/α-hetero) is 5. The van der Waals surface area contributed by atoms with Crippen LogP contribution >= 0.6 is 0 Å². The Balaban J connectivity index is 2.69. The second-order valence-corrected chi connectivity index (χ2v) is 18.0. The van der Waals surface area contributed by atoms with Gasteiger partial charge < -0.3 is 25.5 Å². The fourth-order valence-electron chi connectivity index (χ4n) is 8.04. The zero-order valence-electron chi connectivity index (χ0n) is 32.8. The third kappa shape index (κ3) is 6.63. The second kappa shape index (κ2) is 13.6. The molecule has 1 aromatic carbocycles. The summed E-state index contributed by atoms with van der Waals surface area (Å²) in [5.74, 6) is -9.81. The highest BCUT2D eigenvalue weighted by atomic mass is 16.3. The maximum Gasteiger partial charge on any atom is 0.175 e. The van der Waals surface area contributed by atoms with Crippen molar-refractivity contribution >= 4 is 28.9 Å². The largest absolute Gasteiger partial charge is 0.511 e. The Labute approximate surface area is 302 Å². The molecule has 51 heavy (non-hydrogen) atoms. The van der Waals surface area contributed by atoms with Crippen molar-refractivity contribution in [1.29, 1.82) is 0 Å². The van der Waals surface area contributed by atoms with Crippen LogP contribution < -0.4 is 0 Å². The third-order valence-electron chi connectivity index (χ3n) is 10.8. The number of benzene rings is 1. The summed E-state index contributed by atoms with van der Waals surface area (Å²) in [5.41, 5.74) is -7.88. The van der Waals surface area contributed by atoms with Gasteiger partial charge in [0.2, 0.25) is 0 Å². The summed E-state index contributed by atoms with van der Waals surface area (Å²) >= 11 is 0. The van der Waals surface area contributed by atoms with E-state index < -0.39 is 96.7 Å². The second-order valence-electron chi connectivity index (χ2n) is 18.0. The number of hydrogen-bond acceptors (Lipinski definition) is 10. The number of aliphatic hydroxyl groups is 2. The zero-order valence-corrected chi connectivity index (χ0v) is 32.8. The van der Waals surface area contributed by atoms with Gasteiger partial charge in [0.05, 0.1) is 21.7 Å². The molecule has 0 fully saturated rings. The van der Waals surface area contributed by atoms with Crippen molar-refractivity contribution in [1.82, 2.24) is 0 Å². The lowest BCUT2D eigenvalue weighted by Crippen LogP contribution is -2.50. The molecule has 0 saturated heterocycles. The Morgan fingerprint density at radius 3 is 1.10 bits per heavy atom. The third-order valence-corrected chi connectivity index (χ3v) is 10.8. The van der Waals surface area contributed by atoms with Gasteiger partial charge in [-0.05, 0) is 86.0 Å². The topological polar surface area (TPSA) is 186 Å². The SMILES string of the molecule is CC(C)CC(=O)c1c(O)c(C(CC(C)C)C2=C(O)C(C)(C)C(=O)C(C)(C)C2=O)c(O)c(C(CC(C)C)C2=C(O)C(C)(C)C(=O)C(C)(C)C2=O)c1O. The predicted molar refractivity (Wildman–Crippen MR) is 194 cm³/mol. The van der Waals surface area contributed by atoms with Crippen LogP contribution in [0.1, 0.15) is 150 Å². The number of carbonyl (C=O) groups excluding carboxylic acids is 5. The molecule has 0 aromatic heterocycles. The van der Waals surface area contributed by atoms with Gasteiger partial charge >= 0.3 is 0 Å². The number of phenols is 3. The maximum absolute atomic E-state index is 14.2. The molecule has 2 unspecified atom stereocenters. The molecular weight excluding hydrogens is 652 g/mol. The van der Waals surface area contributed by atoms with E-state index in [4.69, 9.17) is 0 Å². The molecule has 3 rings (SSSR count). The van der Waals surface area contributed by atoms with E-state index in [2.05, 4.69) is 0 Å². The molecule has 10 nitrogen and oxygen atoms in total. The van der Waals surface area contributed by atoms with Crippen LogP contribution in [0.4, 0.5) is 0 Å². The number of allylic oxidation sites excluding steroid dienone is 4. The van der Waals surface area contributed by atoms with Gasteiger partial charge in [-0.3, -0.25) is 24.0 Å². The number of ketones is 5. The van der Waals surface area contributed by atoms with Crippen LogP contribution in [0.3, 0.4) is 0 Å². The van der Waals surface area contributed by atoms with Crippen molar-refractivity contribution in [3.8, 4) is 17.2 Å². The van der Waals surface area contributed by atoms with Crippen LogP contribution in [-0.2, 0) is 19.2 Å². The van der Waals surface area contributed by atoms with Gasteiger partial charge in [-0.2, -0.15) is 0 Å². The molecule has 0 radical (unpaired) electrons. The van der Waals surface area contributed by atoms with Crippen LogP contribution in [0.5, 0.6) is 17.2 Å². The predicted octanol–water partition coefficient (Wildman–Crippen LogP) is 8.32. The molecule has 0 spiro atoms. The summed E-state index contributed by atoms with van der Waals surface area (Å²) in [6.45, 7) is 22.6. The van der Waals surface area contributed by atoms with Crippen molar-refractivity contribution in [2.75, 3.05) is 0 Å². The maximum atomic E-state index is 14.2. The summed E-state index contributed by atoms with van der Waals surface area (Å²) in [5, 5.41) is 59.9. The number of aromatic hydroxyl groups is 3. The first-order valence-electron chi connectivity index (χ1n) is 17.9. The Bertz CT molecular complexity index is 1630. The molecule has 10 heteroatoms. The van der Waals surface area contributed by atoms with Gasteiger partial charge in [0, 0.05) is 40.5 Å². The first-order chi connectivity index (χ1) is 23.0. The van der Waals surface area contributed by atoms with Crippen LogP contribution in [0, 0.1) is 39.4 Å². The van der Waals surface area contributed by atoms with E-state index in [1.54, 1.807) is 13.8 Å². The lowest BCUT2D eigenvalue weighted by atomic mass is 9.59. The average molecular weight is 711 g/mol. The highest BCUT2D eigenvalue weighted by Gasteiger charge is 2.57. The average Bonchev–Trinajstić information content (AvgIpc) is 2.97. The van der Waals surface area contributed by atoms with Crippen LogP contribution in [0.15, 0.2) is 22.7 Å². The minimum Gasteiger partial charge on any atom is -0.511 e. The number of aliphatic hydroxyl groups excluding tert-OH is 2. The van der Waals surface area contributed by atoms with Gasteiger partial charge in [-0.1, -0.05) is 41.5 Å². The summed E-state index contributed by atoms with van der Waals surface area (Å²) in [6, 6.07) is 0. The first-order valence-corrected chi connectivity index (χ1v) is 17.9. The molecule has 282 valence electrons. The van der Waals surface area contributed by atoms with E-state index in [1.807, 2.05) is 27.7 Å². The summed E-state index contributed by atoms with van der Waals surface area (Å²) in [4.78, 5) is 69.4. The number of carbonyl (C=O) groups is 5. The number of hydrogen-bond donors (Lipinski definition) is 5. The van der Waals surface area contributed by atoms with Crippen molar-refractivity contribution in [2.24, 2.45) is 39.4 Å². The van der Waals surface area contributed by atoms with Crippen molar-refractivity contribution in [3.05, 3.63) is 39.4 Å². The van der Waals surface area contributed by atoms with E-state index in [-0.39, 0.29) is 59.3 Å². The highest BCUT2D eigenvalue weighted by Crippen LogP contribution is 2.58. The molecule has 0 heterocycles. The molecule has 0 saturated carbocycles. The van der Waals surface area contributed by atoms with E-state index in [0.717, 1.165) is 0 Å². The highest BCUT2D eigenvalue weighted by molar-refractivity contribution is 6.20. The van der Waals surface area contributed by atoms with Gasteiger partial charge in [-0.25, -0.2) is 0 Å². The summed E-state index contributed by atoms with van der Waals surface area (Å²) < 4.78 is 0. The normalized spacial score (nSPS) is 21.3. The van der Waals surface area contributed by atoms with Crippen LogP contribution in [-0.4, -0.2) is 54.4 Å². The lowest BCUT2D eigenvalue weighted by molar-refractivity contribution is -0.146. The van der Waals surface area contributed by atoms with Gasteiger partial charge in [-0.15, -0.1) is 0 Å². The van der Waals surface area contributed by atoms with E-state index >= 15 is 0 Å². The Kier molecular flexibility index (Phi) is 11.0. The minimum absolute atomic E-state index is 0.0465. The Morgan fingerprint density at radius 1 is 0.510 bits per heavy atom. The number of phenolic OH excluding ortho intramolecular Hbond substituents is 3. The standard InChI is InChI=1S/C41H58O10/c1-18(2)15-21(26-32(46)38(7,8)36(50)39(9,10)33(26)47)24-29(43)25(31(45)28(30(24)44)23(42)17-20(5)6)22(16-19(3)4)27-34(48)40(11,12)37(51)41(13,14)35(27)49/h18-22,43-46,48H,15-17H2,1-14H3. The molecule has 1 aromatic rings. The van der Waals surface area contributed by atoms with Crippen molar-refractivity contribution < 1.29 is 49.5 Å². The van der Waals surface area contributed by atoms with Crippen molar-refractivity contribution in [3.63, 3.8) is 0 Å².